The summed E-state index contributed by atoms with van der Waals surface area (Å²) in [5.41, 5.74) is 0.110. The summed E-state index contributed by atoms with van der Waals surface area (Å²) in [7, 11) is 0. The Bertz CT molecular complexity index is 1500. The number of amides is 1. The topological polar surface area (TPSA) is 108 Å². The standard InChI is InChI=1S/C41H49NO7/c1-3-4-5-6-7-8-9-10-11-12-13-14-15-16-17-18-19-20-21-31-39(44)42-32-26-33-47-40(45)35-27-22-25-30-38(35)49-41(46)36-28-23-24-29-37(36)48-34(2)43/h4-5,7-8,10-11,13-14,16-17,19-20,22-25,27-30H,3,6,9,12,15,18,21,26,31-33H2,1-2H3,(H,42,44)/b5-4-,8-7-,11-10-,14-13-,17-16-,20-19-. The van der Waals surface area contributed by atoms with Crippen LogP contribution in [-0.4, -0.2) is 37.0 Å². The fourth-order valence-electron chi connectivity index (χ4n) is 4.24. The molecule has 0 aliphatic carbocycles. The van der Waals surface area contributed by atoms with Crippen molar-refractivity contribution in [1.29, 1.82) is 0 Å². The highest BCUT2D eigenvalue weighted by Gasteiger charge is 2.20. The number of carbonyl (C=O) groups is 4. The van der Waals surface area contributed by atoms with E-state index < -0.39 is 17.9 Å². The number of allylic oxidation sites excluding steroid dienone is 12. The molecule has 0 bridgehead atoms. The molecule has 0 radical (unpaired) electrons. The van der Waals surface area contributed by atoms with E-state index in [4.69, 9.17) is 14.2 Å². The largest absolute Gasteiger partial charge is 0.462 e. The molecule has 0 atom stereocenters. The summed E-state index contributed by atoms with van der Waals surface area (Å²) in [6.07, 6.45) is 32.9. The molecular weight excluding hydrogens is 618 g/mol. The number of carbonyl (C=O) groups excluding carboxylic acids is 4. The lowest BCUT2D eigenvalue weighted by molar-refractivity contribution is -0.132. The van der Waals surface area contributed by atoms with Crippen molar-refractivity contribution in [3.63, 3.8) is 0 Å². The Morgan fingerprint density at radius 1 is 0.612 bits per heavy atom. The van der Waals surface area contributed by atoms with E-state index in [9.17, 15) is 19.2 Å². The van der Waals surface area contributed by atoms with E-state index in [0.29, 0.717) is 25.8 Å². The minimum absolute atomic E-state index is 0.0119. The summed E-state index contributed by atoms with van der Waals surface area (Å²) in [4.78, 5) is 49.0. The van der Waals surface area contributed by atoms with Gasteiger partial charge in [-0.25, -0.2) is 9.59 Å². The summed E-state index contributed by atoms with van der Waals surface area (Å²) in [6, 6.07) is 12.4. The molecule has 0 aromatic heterocycles. The SMILES string of the molecule is CC/C=C\C/C=C\C/C=C\C/C=C\C/C=C\C/C=C\CCC(=O)NCCCOC(=O)c1ccccc1OC(=O)c1ccccc1OC(C)=O. The van der Waals surface area contributed by atoms with Crippen molar-refractivity contribution in [2.24, 2.45) is 0 Å². The van der Waals surface area contributed by atoms with Crippen LogP contribution in [0.2, 0.25) is 0 Å². The maximum Gasteiger partial charge on any atom is 0.347 e. The highest BCUT2D eigenvalue weighted by Crippen LogP contribution is 2.24. The zero-order valence-electron chi connectivity index (χ0n) is 28.7. The molecule has 0 unspecified atom stereocenters. The van der Waals surface area contributed by atoms with Crippen LogP contribution in [0.5, 0.6) is 11.5 Å². The number of nitrogens with one attached hydrogen (secondary N) is 1. The van der Waals surface area contributed by atoms with Crippen molar-refractivity contribution in [2.45, 2.75) is 71.6 Å². The second-order valence-corrected chi connectivity index (χ2v) is 10.8. The summed E-state index contributed by atoms with van der Waals surface area (Å²) < 4.78 is 15.9. The highest BCUT2D eigenvalue weighted by molar-refractivity contribution is 5.98. The lowest BCUT2D eigenvalue weighted by Crippen LogP contribution is -2.25. The van der Waals surface area contributed by atoms with Crippen LogP contribution in [-0.2, 0) is 14.3 Å². The molecule has 0 spiro atoms. The minimum Gasteiger partial charge on any atom is -0.462 e. The molecule has 0 heterocycles. The van der Waals surface area contributed by atoms with E-state index in [1.807, 2.05) is 6.08 Å². The Labute approximate surface area is 290 Å². The first-order chi connectivity index (χ1) is 23.9. The Balaban J connectivity index is 1.57. The molecule has 49 heavy (non-hydrogen) atoms. The van der Waals surface area contributed by atoms with Gasteiger partial charge in [0.1, 0.15) is 22.6 Å². The van der Waals surface area contributed by atoms with Crippen molar-refractivity contribution in [3.8, 4) is 11.5 Å². The third-order valence-electron chi connectivity index (χ3n) is 6.68. The van der Waals surface area contributed by atoms with Crippen LogP contribution in [0, 0.1) is 0 Å². The van der Waals surface area contributed by atoms with Gasteiger partial charge in [-0.05, 0) is 75.6 Å². The molecule has 8 nitrogen and oxygen atoms in total. The van der Waals surface area contributed by atoms with E-state index in [2.05, 4.69) is 79.1 Å². The van der Waals surface area contributed by atoms with Gasteiger partial charge in [-0.15, -0.1) is 0 Å². The highest BCUT2D eigenvalue weighted by atomic mass is 16.6. The van der Waals surface area contributed by atoms with Gasteiger partial charge in [0.2, 0.25) is 5.91 Å². The predicted molar refractivity (Wildman–Crippen MR) is 195 cm³/mol. The van der Waals surface area contributed by atoms with E-state index in [1.165, 1.54) is 31.2 Å². The van der Waals surface area contributed by atoms with E-state index in [1.54, 1.807) is 24.3 Å². The fourth-order valence-corrected chi connectivity index (χ4v) is 4.24. The molecule has 0 aliphatic rings. The van der Waals surface area contributed by atoms with Crippen molar-refractivity contribution in [1.82, 2.24) is 5.32 Å². The second-order valence-electron chi connectivity index (χ2n) is 10.8. The van der Waals surface area contributed by atoms with Crippen LogP contribution in [0.25, 0.3) is 0 Å². The van der Waals surface area contributed by atoms with Crippen molar-refractivity contribution < 1.29 is 33.4 Å². The van der Waals surface area contributed by atoms with Gasteiger partial charge in [0.25, 0.3) is 0 Å². The number of ether oxygens (including phenoxy) is 3. The van der Waals surface area contributed by atoms with Gasteiger partial charge >= 0.3 is 17.9 Å². The van der Waals surface area contributed by atoms with Gasteiger partial charge in [-0.1, -0.05) is 104 Å². The minimum atomic E-state index is -0.788. The summed E-state index contributed by atoms with van der Waals surface area (Å²) in [6.45, 7) is 3.80. The number of para-hydroxylation sites is 2. The van der Waals surface area contributed by atoms with E-state index in [-0.39, 0.29) is 35.1 Å². The number of rotatable bonds is 22. The van der Waals surface area contributed by atoms with Crippen LogP contribution in [0.3, 0.4) is 0 Å². The lowest BCUT2D eigenvalue weighted by Gasteiger charge is -2.12. The predicted octanol–water partition coefficient (Wildman–Crippen LogP) is 8.97. The van der Waals surface area contributed by atoms with Crippen LogP contribution in [0.4, 0.5) is 0 Å². The Kier molecular flexibility index (Phi) is 21.0. The number of hydrogen-bond donors (Lipinski definition) is 1. The Hall–Kier alpha value is -5.24. The third kappa shape index (κ3) is 18.6. The first-order valence-corrected chi connectivity index (χ1v) is 16.8. The zero-order valence-corrected chi connectivity index (χ0v) is 28.7. The van der Waals surface area contributed by atoms with Crippen LogP contribution in [0.1, 0.15) is 92.4 Å². The van der Waals surface area contributed by atoms with E-state index in [0.717, 1.165) is 38.5 Å². The molecule has 0 saturated carbocycles. The summed E-state index contributed by atoms with van der Waals surface area (Å²) >= 11 is 0. The molecule has 2 aromatic carbocycles. The molecule has 8 heteroatoms. The molecule has 0 aliphatic heterocycles. The first-order valence-electron chi connectivity index (χ1n) is 16.8. The average Bonchev–Trinajstić information content (AvgIpc) is 3.09. The van der Waals surface area contributed by atoms with Gasteiger partial charge < -0.3 is 19.5 Å². The fraction of sp³-hybridized carbons (Fsp3) is 0.317. The molecule has 1 amide bonds. The second kappa shape index (κ2) is 25.8. The smallest absolute Gasteiger partial charge is 0.347 e. The summed E-state index contributed by atoms with van der Waals surface area (Å²) in [5.74, 6) is -2.04. The van der Waals surface area contributed by atoms with Crippen LogP contribution in [0.15, 0.2) is 121 Å². The third-order valence-corrected chi connectivity index (χ3v) is 6.68. The van der Waals surface area contributed by atoms with E-state index >= 15 is 0 Å². The van der Waals surface area contributed by atoms with Gasteiger partial charge in [0.05, 0.1) is 6.61 Å². The maximum absolute atomic E-state index is 12.8. The van der Waals surface area contributed by atoms with Crippen molar-refractivity contribution in [3.05, 3.63) is 133 Å². The Morgan fingerprint density at radius 3 is 1.61 bits per heavy atom. The number of hydrogen-bond acceptors (Lipinski definition) is 7. The van der Waals surface area contributed by atoms with Gasteiger partial charge in [-0.3, -0.25) is 9.59 Å². The summed E-state index contributed by atoms with van der Waals surface area (Å²) in [5, 5.41) is 2.83. The molecule has 2 aromatic rings. The molecule has 1 N–H and O–H groups in total. The molecule has 0 fully saturated rings. The van der Waals surface area contributed by atoms with Crippen LogP contribution < -0.4 is 14.8 Å². The Morgan fingerprint density at radius 2 is 1.08 bits per heavy atom. The molecule has 260 valence electrons. The maximum atomic E-state index is 12.8. The quantitative estimate of drug-likeness (QED) is 0.0578. The van der Waals surface area contributed by atoms with Gasteiger partial charge in [-0.2, -0.15) is 0 Å². The lowest BCUT2D eigenvalue weighted by atomic mass is 10.2. The van der Waals surface area contributed by atoms with Crippen molar-refractivity contribution in [2.75, 3.05) is 13.2 Å². The first kappa shape index (κ1) is 39.9. The number of esters is 3. The monoisotopic (exact) mass is 667 g/mol. The molecular formula is C41H49NO7. The average molecular weight is 668 g/mol. The zero-order chi connectivity index (χ0) is 35.4. The molecule has 0 saturated heterocycles. The van der Waals surface area contributed by atoms with Gasteiger partial charge in [0, 0.05) is 19.9 Å². The van der Waals surface area contributed by atoms with Gasteiger partial charge in [0.15, 0.2) is 0 Å². The number of benzene rings is 2. The van der Waals surface area contributed by atoms with Crippen molar-refractivity contribution >= 4 is 23.8 Å². The molecule has 2 rings (SSSR count). The van der Waals surface area contributed by atoms with Crippen LogP contribution >= 0.6 is 0 Å². The normalized spacial score (nSPS) is 11.8.